The lowest BCUT2D eigenvalue weighted by Crippen LogP contribution is -2.55. The minimum atomic E-state index is -0.635. The Balaban J connectivity index is 1.36. The van der Waals surface area contributed by atoms with Crippen molar-refractivity contribution >= 4 is 28.3 Å². The quantitative estimate of drug-likeness (QED) is 0.457. The first-order valence-corrected chi connectivity index (χ1v) is 11.4. The molecule has 1 aliphatic heterocycles. The smallest absolute Gasteiger partial charge is 0.322 e. The Morgan fingerprint density at radius 1 is 1.03 bits per heavy atom. The molecule has 0 bridgehead atoms. The maximum absolute atomic E-state index is 14.2. The highest BCUT2D eigenvalue weighted by molar-refractivity contribution is 6.00. The van der Waals surface area contributed by atoms with Crippen LogP contribution in [0.3, 0.4) is 0 Å². The molecule has 0 radical (unpaired) electrons. The number of hydrogen-bond acceptors (Lipinski definition) is 5. The van der Waals surface area contributed by atoms with Crippen molar-refractivity contribution < 1.29 is 9.18 Å². The second-order valence-electron chi connectivity index (χ2n) is 8.51. The summed E-state index contributed by atoms with van der Waals surface area (Å²) < 4.78 is 14.2. The highest BCUT2D eigenvalue weighted by Crippen LogP contribution is 2.32. The van der Waals surface area contributed by atoms with Crippen molar-refractivity contribution in [2.75, 3.05) is 29.9 Å². The van der Waals surface area contributed by atoms with Crippen LogP contribution in [0.15, 0.2) is 72.8 Å². The molecule has 1 atom stereocenters. The molecule has 1 N–H and O–H groups in total. The fourth-order valence-corrected chi connectivity index (χ4v) is 4.46. The van der Waals surface area contributed by atoms with E-state index in [0.717, 1.165) is 33.9 Å². The summed E-state index contributed by atoms with van der Waals surface area (Å²) in [5.41, 5.74) is 2.10. The number of nitriles is 1. The molecule has 0 aliphatic carbocycles. The molecule has 1 saturated heterocycles. The highest BCUT2D eigenvalue weighted by atomic mass is 19.1. The molecule has 35 heavy (non-hydrogen) atoms. The number of benzene rings is 3. The van der Waals surface area contributed by atoms with Gasteiger partial charge in [-0.2, -0.15) is 5.26 Å². The molecule has 4 aromatic rings. The predicted molar refractivity (Wildman–Crippen MR) is 133 cm³/mol. The van der Waals surface area contributed by atoms with Crippen LogP contribution in [0.5, 0.6) is 0 Å². The van der Waals surface area contributed by atoms with Crippen molar-refractivity contribution in [3.8, 4) is 17.3 Å². The monoisotopic (exact) mass is 466 g/mol. The molecule has 8 heteroatoms. The van der Waals surface area contributed by atoms with Gasteiger partial charge in [0.15, 0.2) is 5.82 Å². The van der Waals surface area contributed by atoms with Gasteiger partial charge in [-0.15, -0.1) is 10.2 Å². The molecule has 2 heterocycles. The van der Waals surface area contributed by atoms with E-state index in [2.05, 4.69) is 26.5 Å². The van der Waals surface area contributed by atoms with Gasteiger partial charge in [-0.25, -0.2) is 9.18 Å². The Morgan fingerprint density at radius 2 is 1.77 bits per heavy atom. The predicted octanol–water partition coefficient (Wildman–Crippen LogP) is 5.05. The highest BCUT2D eigenvalue weighted by Gasteiger charge is 2.29. The molecular formula is C27H23FN6O. The van der Waals surface area contributed by atoms with Crippen molar-refractivity contribution in [2.24, 2.45) is 0 Å². The fraction of sp³-hybridized carbons (Fsp3) is 0.185. The van der Waals surface area contributed by atoms with Crippen LogP contribution >= 0.6 is 0 Å². The number of halogens is 1. The third-order valence-corrected chi connectivity index (χ3v) is 6.24. The zero-order valence-electron chi connectivity index (χ0n) is 19.1. The van der Waals surface area contributed by atoms with Gasteiger partial charge in [0.25, 0.3) is 0 Å². The summed E-state index contributed by atoms with van der Waals surface area (Å²) in [5.74, 6) is 0.147. The van der Waals surface area contributed by atoms with Gasteiger partial charge in [-0.05, 0) is 25.1 Å². The first kappa shape index (κ1) is 22.3. The third-order valence-electron chi connectivity index (χ3n) is 6.24. The standard InChI is InChI=1S/C27H23FN6O/c1-18-17-33(13-14-34(18)27(35)30-24-12-11-19(16-29)15-23(24)28)26-22-10-6-5-9-21(22)25(31-32-26)20-7-3-2-4-8-20/h2-12,15,18H,13-14,17H2,1H3,(H,30,35)/t18-/m0/s1. The largest absolute Gasteiger partial charge is 0.351 e. The molecule has 0 saturated carbocycles. The lowest BCUT2D eigenvalue weighted by atomic mass is 10.0. The molecule has 5 rings (SSSR count). The van der Waals surface area contributed by atoms with Crippen LogP contribution in [0.1, 0.15) is 12.5 Å². The molecule has 7 nitrogen and oxygen atoms in total. The molecule has 1 aromatic heterocycles. The number of aromatic nitrogens is 2. The summed E-state index contributed by atoms with van der Waals surface area (Å²) in [4.78, 5) is 16.7. The number of piperazine rings is 1. The first-order valence-electron chi connectivity index (χ1n) is 11.4. The number of fused-ring (bicyclic) bond motifs is 1. The van der Waals surface area contributed by atoms with Crippen molar-refractivity contribution in [3.63, 3.8) is 0 Å². The van der Waals surface area contributed by atoms with E-state index >= 15 is 0 Å². The van der Waals surface area contributed by atoms with Crippen molar-refractivity contribution in [2.45, 2.75) is 13.0 Å². The average Bonchev–Trinajstić information content (AvgIpc) is 2.89. The SMILES string of the molecule is C[C@H]1CN(c2nnc(-c3ccccc3)c3ccccc23)CCN1C(=O)Nc1ccc(C#N)cc1F. The van der Waals surface area contributed by atoms with E-state index in [0.29, 0.717) is 19.6 Å². The number of anilines is 2. The van der Waals surface area contributed by atoms with Gasteiger partial charge in [0.05, 0.1) is 17.3 Å². The molecule has 0 spiro atoms. The Bertz CT molecular complexity index is 1440. The van der Waals surface area contributed by atoms with E-state index in [1.807, 2.05) is 61.5 Å². The number of rotatable bonds is 3. The molecule has 174 valence electrons. The van der Waals surface area contributed by atoms with Crippen LogP contribution in [-0.2, 0) is 0 Å². The summed E-state index contributed by atoms with van der Waals surface area (Å²) >= 11 is 0. The molecule has 2 amide bonds. The zero-order valence-corrected chi connectivity index (χ0v) is 19.1. The summed E-state index contributed by atoms with van der Waals surface area (Å²) in [6.45, 7) is 3.53. The summed E-state index contributed by atoms with van der Waals surface area (Å²) in [7, 11) is 0. The van der Waals surface area contributed by atoms with Gasteiger partial charge in [-0.1, -0.05) is 54.6 Å². The van der Waals surface area contributed by atoms with Crippen molar-refractivity contribution in [3.05, 3.63) is 84.2 Å². The van der Waals surface area contributed by atoms with E-state index in [4.69, 9.17) is 5.26 Å². The third kappa shape index (κ3) is 4.36. The lowest BCUT2D eigenvalue weighted by molar-refractivity contribution is 0.184. The average molecular weight is 467 g/mol. The van der Waals surface area contributed by atoms with Crippen molar-refractivity contribution in [1.29, 1.82) is 5.26 Å². The molecule has 1 aliphatic rings. The summed E-state index contributed by atoms with van der Waals surface area (Å²) in [6, 6.07) is 23.4. The summed E-state index contributed by atoms with van der Waals surface area (Å²) in [5, 5.41) is 22.7. The second kappa shape index (κ2) is 9.39. The van der Waals surface area contributed by atoms with Crippen LogP contribution in [0.25, 0.3) is 22.0 Å². The number of urea groups is 1. The number of nitrogens with zero attached hydrogens (tertiary/aromatic N) is 5. The minimum Gasteiger partial charge on any atom is -0.351 e. The van der Waals surface area contributed by atoms with Gasteiger partial charge in [0.2, 0.25) is 0 Å². The zero-order chi connectivity index (χ0) is 24.4. The van der Waals surface area contributed by atoms with Gasteiger partial charge in [-0.3, -0.25) is 0 Å². The van der Waals surface area contributed by atoms with Crippen molar-refractivity contribution in [1.82, 2.24) is 15.1 Å². The maximum Gasteiger partial charge on any atom is 0.322 e. The van der Waals surface area contributed by atoms with E-state index < -0.39 is 5.82 Å². The summed E-state index contributed by atoms with van der Waals surface area (Å²) in [6.07, 6.45) is 0. The topological polar surface area (TPSA) is 85.2 Å². The number of hydrogen-bond donors (Lipinski definition) is 1. The van der Waals surface area contributed by atoms with E-state index in [1.165, 1.54) is 12.1 Å². The molecule has 1 fully saturated rings. The number of carbonyl (C=O) groups is 1. The van der Waals surface area contributed by atoms with Crippen LogP contribution in [0.2, 0.25) is 0 Å². The first-order chi connectivity index (χ1) is 17.0. The normalized spacial score (nSPS) is 15.6. The van der Waals surface area contributed by atoms with Crippen LogP contribution in [0.4, 0.5) is 20.7 Å². The van der Waals surface area contributed by atoms with Gasteiger partial charge in [0.1, 0.15) is 11.5 Å². The van der Waals surface area contributed by atoms with Gasteiger partial charge < -0.3 is 15.1 Å². The van der Waals surface area contributed by atoms with Crippen LogP contribution in [0, 0.1) is 17.1 Å². The Labute approximate surface area is 202 Å². The number of nitrogens with one attached hydrogen (secondary N) is 1. The molecule has 3 aromatic carbocycles. The molecular weight excluding hydrogens is 443 g/mol. The minimum absolute atomic E-state index is 0.0528. The second-order valence-corrected chi connectivity index (χ2v) is 8.51. The van der Waals surface area contributed by atoms with E-state index in [-0.39, 0.29) is 23.3 Å². The van der Waals surface area contributed by atoms with Crippen LogP contribution in [-0.4, -0.2) is 46.8 Å². The lowest BCUT2D eigenvalue weighted by Gasteiger charge is -2.40. The Hall–Kier alpha value is -4.51. The number of carbonyl (C=O) groups excluding carboxylic acids is 1. The van der Waals surface area contributed by atoms with Crippen LogP contribution < -0.4 is 10.2 Å². The Kier molecular flexibility index (Phi) is 5.98. The maximum atomic E-state index is 14.2. The Morgan fingerprint density at radius 3 is 2.49 bits per heavy atom. The van der Waals surface area contributed by atoms with Gasteiger partial charge >= 0.3 is 6.03 Å². The van der Waals surface area contributed by atoms with E-state index in [1.54, 1.807) is 4.90 Å². The van der Waals surface area contributed by atoms with Gasteiger partial charge in [0, 0.05) is 42.0 Å². The number of amides is 2. The van der Waals surface area contributed by atoms with E-state index in [9.17, 15) is 9.18 Å². The molecule has 0 unspecified atom stereocenters. The fourth-order valence-electron chi connectivity index (χ4n) is 4.46.